The Balaban J connectivity index is 2.16. The highest BCUT2D eigenvalue weighted by molar-refractivity contribution is 5.58. The van der Waals surface area contributed by atoms with Crippen LogP contribution in [0.15, 0.2) is 18.2 Å². The van der Waals surface area contributed by atoms with Crippen LogP contribution in [0.25, 0.3) is 5.69 Å². The average Bonchev–Trinajstić information content (AvgIpc) is 3.21. The van der Waals surface area contributed by atoms with E-state index in [9.17, 15) is 10.1 Å². The van der Waals surface area contributed by atoms with Gasteiger partial charge in [0.15, 0.2) is 5.82 Å². The van der Waals surface area contributed by atoms with Crippen molar-refractivity contribution in [1.29, 1.82) is 0 Å². The Labute approximate surface area is 114 Å². The minimum Gasteiger partial charge on any atom is -0.496 e. The predicted octanol–water partition coefficient (Wildman–Crippen LogP) is 1.64. The van der Waals surface area contributed by atoms with Gasteiger partial charge in [-0.1, -0.05) is 5.21 Å². The van der Waals surface area contributed by atoms with Crippen molar-refractivity contribution < 1.29 is 9.66 Å². The molecule has 8 nitrogen and oxygen atoms in total. The third-order valence-corrected chi connectivity index (χ3v) is 3.30. The molecule has 2 aromatic rings. The summed E-state index contributed by atoms with van der Waals surface area (Å²) in [5.41, 5.74) is 6.82. The van der Waals surface area contributed by atoms with Crippen LogP contribution in [-0.2, 0) is 0 Å². The van der Waals surface area contributed by atoms with Gasteiger partial charge in [-0.2, -0.15) is 0 Å². The first-order chi connectivity index (χ1) is 9.61. The quantitative estimate of drug-likeness (QED) is 0.671. The van der Waals surface area contributed by atoms with Crippen molar-refractivity contribution >= 4 is 11.5 Å². The highest BCUT2D eigenvalue weighted by Gasteiger charge is 2.32. The van der Waals surface area contributed by atoms with Gasteiger partial charge in [0.1, 0.15) is 11.4 Å². The van der Waals surface area contributed by atoms with E-state index in [4.69, 9.17) is 10.5 Å². The number of anilines is 1. The van der Waals surface area contributed by atoms with E-state index in [1.165, 1.54) is 17.9 Å². The van der Waals surface area contributed by atoms with Gasteiger partial charge in [0, 0.05) is 5.92 Å². The van der Waals surface area contributed by atoms with Gasteiger partial charge in [-0.15, -0.1) is 5.10 Å². The number of benzene rings is 1. The minimum atomic E-state index is -0.466. The summed E-state index contributed by atoms with van der Waals surface area (Å²) in [5.74, 6) is 1.03. The third-order valence-electron chi connectivity index (χ3n) is 3.30. The van der Waals surface area contributed by atoms with E-state index in [0.29, 0.717) is 17.3 Å². The number of nitrogen functional groups attached to an aromatic ring is 1. The molecule has 104 valence electrons. The lowest BCUT2D eigenvalue weighted by Crippen LogP contribution is -2.06. The van der Waals surface area contributed by atoms with Crippen LogP contribution in [-0.4, -0.2) is 27.0 Å². The Kier molecular flexibility index (Phi) is 2.78. The number of ether oxygens (including phenoxy) is 1. The Morgan fingerprint density at radius 3 is 2.85 bits per heavy atom. The molecule has 1 aliphatic rings. The second kappa shape index (κ2) is 4.48. The van der Waals surface area contributed by atoms with Gasteiger partial charge in [-0.05, 0) is 25.0 Å². The first-order valence-electron chi connectivity index (χ1n) is 6.15. The molecule has 1 fully saturated rings. The normalized spacial score (nSPS) is 14.2. The van der Waals surface area contributed by atoms with Crippen LogP contribution >= 0.6 is 0 Å². The number of nitro groups is 1. The molecule has 1 aliphatic carbocycles. The predicted molar refractivity (Wildman–Crippen MR) is 71.0 cm³/mol. The second-order valence-corrected chi connectivity index (χ2v) is 4.66. The van der Waals surface area contributed by atoms with E-state index in [1.807, 2.05) is 0 Å². The zero-order valence-electron chi connectivity index (χ0n) is 10.8. The fourth-order valence-electron chi connectivity index (χ4n) is 2.17. The summed E-state index contributed by atoms with van der Waals surface area (Å²) in [7, 11) is 1.46. The molecule has 0 unspecified atom stereocenters. The van der Waals surface area contributed by atoms with Crippen molar-refractivity contribution in [3.05, 3.63) is 34.0 Å². The Hall–Kier alpha value is -2.64. The van der Waals surface area contributed by atoms with E-state index >= 15 is 0 Å². The Bertz CT molecular complexity index is 678. The fraction of sp³-hybridized carbons (Fsp3) is 0.333. The van der Waals surface area contributed by atoms with Crippen LogP contribution in [0.2, 0.25) is 0 Å². The maximum Gasteiger partial charge on any atom is 0.298 e. The summed E-state index contributed by atoms with van der Waals surface area (Å²) in [5, 5.41) is 19.0. The first-order valence-corrected chi connectivity index (χ1v) is 6.15. The lowest BCUT2D eigenvalue weighted by molar-refractivity contribution is -0.384. The highest BCUT2D eigenvalue weighted by Crippen LogP contribution is 2.43. The highest BCUT2D eigenvalue weighted by atomic mass is 16.6. The smallest absolute Gasteiger partial charge is 0.298 e. The number of rotatable bonds is 4. The first kappa shape index (κ1) is 12.4. The van der Waals surface area contributed by atoms with Crippen molar-refractivity contribution in [2.24, 2.45) is 0 Å². The monoisotopic (exact) mass is 275 g/mol. The van der Waals surface area contributed by atoms with Crippen LogP contribution < -0.4 is 10.5 Å². The third kappa shape index (κ3) is 1.94. The number of methoxy groups -OCH3 is 1. The van der Waals surface area contributed by atoms with Gasteiger partial charge in [-0.25, -0.2) is 4.68 Å². The maximum atomic E-state index is 11.2. The molecular weight excluding hydrogens is 262 g/mol. The molecular formula is C12H13N5O3. The van der Waals surface area contributed by atoms with E-state index in [-0.39, 0.29) is 11.6 Å². The topological polar surface area (TPSA) is 109 Å². The fourth-order valence-corrected chi connectivity index (χ4v) is 2.17. The molecule has 0 spiro atoms. The zero-order chi connectivity index (χ0) is 14.3. The number of hydrogen-bond donors (Lipinski definition) is 1. The van der Waals surface area contributed by atoms with Crippen molar-refractivity contribution in [3.63, 3.8) is 0 Å². The Morgan fingerprint density at radius 1 is 1.50 bits per heavy atom. The molecule has 2 N–H and O–H groups in total. The molecule has 0 bridgehead atoms. The number of hydrogen-bond acceptors (Lipinski definition) is 6. The second-order valence-electron chi connectivity index (χ2n) is 4.66. The summed E-state index contributed by atoms with van der Waals surface area (Å²) in [6, 6.07) is 4.61. The van der Waals surface area contributed by atoms with Crippen molar-refractivity contribution in [1.82, 2.24) is 15.0 Å². The molecule has 1 saturated carbocycles. The standard InChI is InChI=1S/C12H13N5O3/c1-20-8-4-5-9(10(6-8)17(18)19)16-11(7-2-3-7)12(13)14-15-16/h4-7H,2-3,13H2,1H3. The number of nitrogens with zero attached hydrogens (tertiary/aromatic N) is 4. The molecule has 0 aliphatic heterocycles. The SMILES string of the molecule is COc1ccc(-n2nnc(N)c2C2CC2)c([N+](=O)[O-])c1. The number of nitro benzene ring substituents is 1. The van der Waals surface area contributed by atoms with E-state index in [0.717, 1.165) is 18.5 Å². The van der Waals surface area contributed by atoms with Crippen LogP contribution in [0.3, 0.4) is 0 Å². The summed E-state index contributed by atoms with van der Waals surface area (Å²) in [6.45, 7) is 0. The molecule has 3 rings (SSSR count). The Morgan fingerprint density at radius 2 is 2.25 bits per heavy atom. The van der Waals surface area contributed by atoms with Crippen LogP contribution in [0.4, 0.5) is 11.5 Å². The molecule has 0 amide bonds. The van der Waals surface area contributed by atoms with Gasteiger partial charge >= 0.3 is 0 Å². The van der Waals surface area contributed by atoms with Crippen molar-refractivity contribution in [2.45, 2.75) is 18.8 Å². The van der Waals surface area contributed by atoms with Crippen LogP contribution in [0.1, 0.15) is 24.5 Å². The van der Waals surface area contributed by atoms with Gasteiger partial charge < -0.3 is 10.5 Å². The zero-order valence-corrected chi connectivity index (χ0v) is 10.8. The minimum absolute atomic E-state index is 0.0869. The molecule has 20 heavy (non-hydrogen) atoms. The average molecular weight is 275 g/mol. The van der Waals surface area contributed by atoms with Gasteiger partial charge in [0.2, 0.25) is 0 Å². The lowest BCUT2D eigenvalue weighted by Gasteiger charge is -2.08. The molecule has 1 heterocycles. The van der Waals surface area contributed by atoms with Crippen molar-refractivity contribution in [2.75, 3.05) is 12.8 Å². The number of aromatic nitrogens is 3. The lowest BCUT2D eigenvalue weighted by atomic mass is 10.2. The molecule has 0 atom stereocenters. The largest absolute Gasteiger partial charge is 0.496 e. The van der Waals surface area contributed by atoms with Gasteiger partial charge in [-0.3, -0.25) is 10.1 Å². The molecule has 8 heteroatoms. The van der Waals surface area contributed by atoms with Gasteiger partial charge in [0.25, 0.3) is 5.69 Å². The summed E-state index contributed by atoms with van der Waals surface area (Å²) < 4.78 is 6.48. The molecule has 0 radical (unpaired) electrons. The van der Waals surface area contributed by atoms with Crippen LogP contribution in [0, 0.1) is 10.1 Å². The number of nitrogens with two attached hydrogens (primary N) is 1. The summed E-state index contributed by atoms with van der Waals surface area (Å²) >= 11 is 0. The van der Waals surface area contributed by atoms with E-state index in [2.05, 4.69) is 10.3 Å². The van der Waals surface area contributed by atoms with E-state index in [1.54, 1.807) is 12.1 Å². The summed E-state index contributed by atoms with van der Waals surface area (Å²) in [6.07, 6.45) is 2.00. The van der Waals surface area contributed by atoms with Crippen LogP contribution in [0.5, 0.6) is 5.75 Å². The molecule has 0 saturated heterocycles. The maximum absolute atomic E-state index is 11.2. The summed E-state index contributed by atoms with van der Waals surface area (Å²) in [4.78, 5) is 10.8. The molecule has 1 aromatic carbocycles. The van der Waals surface area contributed by atoms with Gasteiger partial charge in [0.05, 0.1) is 23.8 Å². The van der Waals surface area contributed by atoms with Crippen molar-refractivity contribution in [3.8, 4) is 11.4 Å². The van der Waals surface area contributed by atoms with E-state index < -0.39 is 4.92 Å². The molecule has 1 aromatic heterocycles.